The third kappa shape index (κ3) is 5.53. The molecule has 204 valence electrons. The van der Waals surface area contributed by atoms with Crippen molar-refractivity contribution in [2.75, 3.05) is 30.4 Å². The van der Waals surface area contributed by atoms with Gasteiger partial charge in [-0.3, -0.25) is 4.90 Å². The zero-order valence-corrected chi connectivity index (χ0v) is 23.9. The lowest BCUT2D eigenvalue weighted by molar-refractivity contribution is 0.0689. The summed E-state index contributed by atoms with van der Waals surface area (Å²) >= 11 is 3.00. The zero-order chi connectivity index (χ0) is 27.6. The molecular formula is C29H29N7O2S2. The molecular weight excluding hydrogens is 543 g/mol. The van der Waals surface area contributed by atoms with Crippen molar-refractivity contribution in [1.29, 1.82) is 0 Å². The van der Waals surface area contributed by atoms with E-state index in [2.05, 4.69) is 54.6 Å². The van der Waals surface area contributed by atoms with Crippen molar-refractivity contribution in [3.8, 4) is 0 Å². The number of hydrogen-bond donors (Lipinski definition) is 2. The van der Waals surface area contributed by atoms with Gasteiger partial charge in [-0.05, 0) is 68.1 Å². The summed E-state index contributed by atoms with van der Waals surface area (Å²) in [7, 11) is 1.85. The highest BCUT2D eigenvalue weighted by Crippen LogP contribution is 2.39. The maximum absolute atomic E-state index is 12.2. The largest absolute Gasteiger partial charge is 0.476 e. The normalized spacial score (nSPS) is 14.4. The van der Waals surface area contributed by atoms with Gasteiger partial charge in [-0.15, -0.1) is 21.5 Å². The van der Waals surface area contributed by atoms with Crippen LogP contribution in [0.1, 0.15) is 45.3 Å². The molecule has 0 spiro atoms. The number of para-hydroxylation sites is 1. The Balaban J connectivity index is 1.16. The van der Waals surface area contributed by atoms with Crippen molar-refractivity contribution in [1.82, 2.24) is 25.1 Å². The minimum absolute atomic E-state index is 0.146. The molecule has 40 heavy (non-hydrogen) atoms. The van der Waals surface area contributed by atoms with Gasteiger partial charge in [-0.25, -0.2) is 14.8 Å². The molecule has 9 nitrogen and oxygen atoms in total. The van der Waals surface area contributed by atoms with Gasteiger partial charge < -0.3 is 15.3 Å². The maximum atomic E-state index is 12.2. The molecule has 1 fully saturated rings. The second kappa shape index (κ2) is 11.3. The average molecular weight is 572 g/mol. The Morgan fingerprint density at radius 3 is 2.52 bits per heavy atom. The number of aromatic carboxylic acids is 1. The number of aromatic nitrogens is 4. The van der Waals surface area contributed by atoms with Gasteiger partial charge in [0, 0.05) is 18.5 Å². The van der Waals surface area contributed by atoms with E-state index in [9.17, 15) is 9.90 Å². The van der Waals surface area contributed by atoms with Crippen molar-refractivity contribution in [3.63, 3.8) is 0 Å². The highest BCUT2D eigenvalue weighted by molar-refractivity contribution is 7.22. The number of nitrogens with zero attached hydrogens (tertiary/aromatic N) is 6. The lowest BCUT2D eigenvalue weighted by Gasteiger charge is -2.31. The van der Waals surface area contributed by atoms with Crippen molar-refractivity contribution in [3.05, 3.63) is 82.4 Å². The number of thiazole rings is 2. The molecule has 5 aromatic rings. The molecule has 0 bridgehead atoms. The molecule has 0 aliphatic carbocycles. The second-order valence-electron chi connectivity index (χ2n) is 9.96. The molecule has 1 aliphatic heterocycles. The van der Waals surface area contributed by atoms with Gasteiger partial charge in [-0.1, -0.05) is 53.8 Å². The Labute approximate surface area is 240 Å². The molecule has 0 amide bonds. The molecule has 0 unspecified atom stereocenters. The van der Waals surface area contributed by atoms with E-state index < -0.39 is 5.97 Å². The monoisotopic (exact) mass is 571 g/mol. The van der Waals surface area contributed by atoms with Gasteiger partial charge in [0.05, 0.1) is 10.2 Å². The Morgan fingerprint density at radius 2 is 1.80 bits per heavy atom. The lowest BCUT2D eigenvalue weighted by atomic mass is 9.94. The number of fused-ring (bicyclic) bond motifs is 1. The third-order valence-electron chi connectivity index (χ3n) is 7.17. The molecule has 1 aliphatic rings. The summed E-state index contributed by atoms with van der Waals surface area (Å²) in [6.45, 7) is 4.73. The minimum Gasteiger partial charge on any atom is -0.476 e. The number of carboxylic acids is 1. The van der Waals surface area contributed by atoms with Crippen LogP contribution < -0.4 is 10.2 Å². The van der Waals surface area contributed by atoms with E-state index in [1.54, 1.807) is 11.3 Å². The molecule has 1 saturated heterocycles. The molecule has 6 rings (SSSR count). The highest BCUT2D eigenvalue weighted by atomic mass is 32.1. The predicted octanol–water partition coefficient (Wildman–Crippen LogP) is 6.44. The molecule has 0 saturated carbocycles. The molecule has 0 radical (unpaired) electrons. The van der Waals surface area contributed by atoms with Crippen LogP contribution in [0.15, 0.2) is 60.7 Å². The summed E-state index contributed by atoms with van der Waals surface area (Å²) in [6, 6.07) is 20.4. The first-order valence-corrected chi connectivity index (χ1v) is 14.8. The summed E-state index contributed by atoms with van der Waals surface area (Å²) in [5, 5.41) is 23.4. The van der Waals surface area contributed by atoms with Gasteiger partial charge >= 0.3 is 5.97 Å². The smallest absolute Gasteiger partial charge is 0.355 e. The van der Waals surface area contributed by atoms with Crippen LogP contribution in [0.4, 0.5) is 21.9 Å². The summed E-state index contributed by atoms with van der Waals surface area (Å²) in [6.07, 6.45) is 1.81. The van der Waals surface area contributed by atoms with Crippen LogP contribution in [0.5, 0.6) is 0 Å². The third-order valence-corrected chi connectivity index (χ3v) is 9.42. The van der Waals surface area contributed by atoms with Gasteiger partial charge in [-0.2, -0.15) is 0 Å². The SMILES string of the molecule is Cc1cc(N(C)c2nc(C(=O)O)c(C3CCN(Cc4ccccc4)CC3)s2)nnc1Nc1nc2ccccc2s1. The van der Waals surface area contributed by atoms with E-state index in [1.165, 1.54) is 16.9 Å². The van der Waals surface area contributed by atoms with Crippen LogP contribution in [-0.2, 0) is 6.54 Å². The summed E-state index contributed by atoms with van der Waals surface area (Å²) in [5.74, 6) is 0.410. The van der Waals surface area contributed by atoms with Gasteiger partial charge in [0.25, 0.3) is 0 Å². The van der Waals surface area contributed by atoms with Crippen LogP contribution in [0, 0.1) is 6.92 Å². The summed E-state index contributed by atoms with van der Waals surface area (Å²) in [5.41, 5.74) is 3.28. The Hall–Kier alpha value is -3.93. The number of carbonyl (C=O) groups is 1. The van der Waals surface area contributed by atoms with E-state index in [0.29, 0.717) is 16.8 Å². The number of piperidine rings is 1. The van der Waals surface area contributed by atoms with Crippen LogP contribution in [0.2, 0.25) is 0 Å². The quantitative estimate of drug-likeness (QED) is 0.217. The molecule has 2 aromatic carbocycles. The van der Waals surface area contributed by atoms with Crippen LogP contribution >= 0.6 is 22.7 Å². The first kappa shape index (κ1) is 26.3. The number of likely N-dealkylation sites (tertiary alicyclic amines) is 1. The number of rotatable bonds is 8. The topological polar surface area (TPSA) is 107 Å². The van der Waals surface area contributed by atoms with Gasteiger partial charge in [0.2, 0.25) is 0 Å². The van der Waals surface area contributed by atoms with Gasteiger partial charge in [0.15, 0.2) is 27.6 Å². The predicted molar refractivity (Wildman–Crippen MR) is 161 cm³/mol. The number of hydrogen-bond acceptors (Lipinski definition) is 10. The standard InChI is InChI=1S/C29H29N7O2S2/c1-18-16-23(33-34-26(18)32-28-30-21-10-6-7-11-22(21)39-28)35(2)29-31-24(27(37)38)25(40-29)20-12-14-36(15-13-20)17-19-8-4-3-5-9-19/h3-11,16,20H,12-15,17H2,1-2H3,(H,37,38)(H,30,32,34). The van der Waals surface area contributed by atoms with Crippen molar-refractivity contribution in [2.45, 2.75) is 32.2 Å². The van der Waals surface area contributed by atoms with Crippen molar-refractivity contribution in [2.24, 2.45) is 0 Å². The van der Waals surface area contributed by atoms with Crippen molar-refractivity contribution >= 4 is 60.8 Å². The fourth-order valence-electron chi connectivity index (χ4n) is 4.97. The molecule has 2 N–H and O–H groups in total. The molecule has 3 aromatic heterocycles. The van der Waals surface area contributed by atoms with E-state index in [-0.39, 0.29) is 11.6 Å². The van der Waals surface area contributed by atoms with Crippen LogP contribution in [0.3, 0.4) is 0 Å². The van der Waals surface area contributed by atoms with Crippen molar-refractivity contribution < 1.29 is 9.90 Å². The highest BCUT2D eigenvalue weighted by Gasteiger charge is 2.29. The number of nitrogens with one attached hydrogen (secondary N) is 1. The number of benzene rings is 2. The summed E-state index contributed by atoms with van der Waals surface area (Å²) in [4.78, 5) is 26.4. The zero-order valence-electron chi connectivity index (χ0n) is 22.2. The summed E-state index contributed by atoms with van der Waals surface area (Å²) < 4.78 is 1.10. The fourth-order valence-corrected chi connectivity index (χ4v) is 7.03. The second-order valence-corrected chi connectivity index (χ2v) is 12.0. The Bertz CT molecular complexity index is 1610. The number of carboxylic acid groups (broad SMARTS) is 1. The first-order chi connectivity index (χ1) is 19.4. The van der Waals surface area contributed by atoms with Crippen LogP contribution in [0.25, 0.3) is 10.2 Å². The molecule has 4 heterocycles. The molecule has 11 heteroatoms. The number of aryl methyl sites for hydroxylation is 1. The van der Waals surface area contributed by atoms with Crippen LogP contribution in [-0.4, -0.2) is 56.3 Å². The Kier molecular flexibility index (Phi) is 7.42. The fraction of sp³-hybridized carbons (Fsp3) is 0.276. The first-order valence-electron chi connectivity index (χ1n) is 13.2. The average Bonchev–Trinajstić information content (AvgIpc) is 3.59. The van der Waals surface area contributed by atoms with E-state index in [1.807, 2.05) is 55.3 Å². The molecule has 0 atom stereocenters. The van der Waals surface area contributed by atoms with E-state index >= 15 is 0 Å². The van der Waals surface area contributed by atoms with E-state index in [4.69, 9.17) is 0 Å². The lowest BCUT2D eigenvalue weighted by Crippen LogP contribution is -2.32. The van der Waals surface area contributed by atoms with Gasteiger partial charge in [0.1, 0.15) is 0 Å². The Morgan fingerprint density at radius 1 is 1.05 bits per heavy atom. The maximum Gasteiger partial charge on any atom is 0.355 e. The minimum atomic E-state index is -0.990. The van der Waals surface area contributed by atoms with E-state index in [0.717, 1.165) is 58.3 Å². The number of anilines is 4.